The van der Waals surface area contributed by atoms with E-state index in [0.29, 0.717) is 6.54 Å². The Morgan fingerprint density at radius 3 is 3.08 bits per heavy atom. The van der Waals surface area contributed by atoms with Crippen LogP contribution in [0, 0.1) is 0 Å². The number of aromatic nitrogens is 3. The van der Waals surface area contributed by atoms with Crippen molar-refractivity contribution in [1.29, 1.82) is 0 Å². The van der Waals surface area contributed by atoms with E-state index >= 15 is 0 Å². The summed E-state index contributed by atoms with van der Waals surface area (Å²) in [7, 11) is 1.96. The Morgan fingerprint density at radius 2 is 2.23 bits per heavy atom. The van der Waals surface area contributed by atoms with Crippen molar-refractivity contribution in [3.63, 3.8) is 0 Å². The molecule has 136 valence electrons. The third-order valence-electron chi connectivity index (χ3n) is 4.97. The first kappa shape index (κ1) is 17.0. The Hall–Kier alpha value is -2.41. The molecule has 1 atom stereocenters. The lowest BCUT2D eigenvalue weighted by molar-refractivity contribution is 0.151. The molecule has 0 saturated carbocycles. The van der Waals surface area contributed by atoms with Crippen molar-refractivity contribution in [2.24, 2.45) is 7.05 Å². The summed E-state index contributed by atoms with van der Waals surface area (Å²) in [4.78, 5) is 19.1. The quantitative estimate of drug-likeness (QED) is 0.765. The number of rotatable bonds is 4. The van der Waals surface area contributed by atoms with Gasteiger partial charge in [0.05, 0.1) is 17.3 Å². The van der Waals surface area contributed by atoms with Gasteiger partial charge in [0, 0.05) is 43.5 Å². The molecule has 1 N–H and O–H groups in total. The zero-order chi connectivity index (χ0) is 17.9. The number of piperidine rings is 1. The number of nitrogens with one attached hydrogen (secondary N) is 1. The van der Waals surface area contributed by atoms with Gasteiger partial charge < -0.3 is 10.2 Å². The third-order valence-corrected chi connectivity index (χ3v) is 5.85. The minimum Gasteiger partial charge on any atom is -0.338 e. The lowest BCUT2D eigenvalue weighted by Crippen LogP contribution is -2.45. The smallest absolute Gasteiger partial charge is 0.318 e. The van der Waals surface area contributed by atoms with Gasteiger partial charge in [0.15, 0.2) is 0 Å². The summed E-state index contributed by atoms with van der Waals surface area (Å²) in [5, 5.41) is 11.9. The molecule has 1 fully saturated rings. The third kappa shape index (κ3) is 3.31. The van der Waals surface area contributed by atoms with Crippen LogP contribution in [0.1, 0.15) is 36.0 Å². The molecule has 0 bridgehead atoms. The van der Waals surface area contributed by atoms with E-state index in [1.165, 1.54) is 0 Å². The van der Waals surface area contributed by atoms with Crippen LogP contribution in [-0.2, 0) is 13.5 Å². The maximum absolute atomic E-state index is 12.7. The van der Waals surface area contributed by atoms with Crippen LogP contribution in [0.4, 0.5) is 4.79 Å². The fourth-order valence-electron chi connectivity index (χ4n) is 3.69. The van der Waals surface area contributed by atoms with Crippen molar-refractivity contribution in [3.8, 4) is 0 Å². The van der Waals surface area contributed by atoms with Gasteiger partial charge in [-0.15, -0.1) is 11.3 Å². The first-order chi connectivity index (χ1) is 12.7. The van der Waals surface area contributed by atoms with Crippen molar-refractivity contribution in [3.05, 3.63) is 46.5 Å². The summed E-state index contributed by atoms with van der Waals surface area (Å²) < 4.78 is 1.90. The van der Waals surface area contributed by atoms with Crippen LogP contribution in [0.25, 0.3) is 10.9 Å². The van der Waals surface area contributed by atoms with E-state index in [1.54, 1.807) is 11.3 Å². The van der Waals surface area contributed by atoms with Gasteiger partial charge in [0.25, 0.3) is 0 Å². The molecule has 1 aliphatic rings. The van der Waals surface area contributed by atoms with E-state index in [2.05, 4.69) is 27.5 Å². The van der Waals surface area contributed by atoms with Gasteiger partial charge in [-0.2, -0.15) is 5.10 Å². The predicted molar refractivity (Wildman–Crippen MR) is 103 cm³/mol. The molecule has 1 saturated heterocycles. The van der Waals surface area contributed by atoms with Crippen LogP contribution in [0.5, 0.6) is 0 Å². The second-order valence-electron chi connectivity index (χ2n) is 6.64. The lowest BCUT2D eigenvalue weighted by atomic mass is 10.0. The number of hydrogen-bond donors (Lipinski definition) is 1. The molecule has 6 nitrogen and oxygen atoms in total. The molecule has 0 radical (unpaired) electrons. The molecule has 0 spiro atoms. The lowest BCUT2D eigenvalue weighted by Gasteiger charge is -2.34. The first-order valence-corrected chi connectivity index (χ1v) is 9.96. The summed E-state index contributed by atoms with van der Waals surface area (Å²) in [5.41, 5.74) is 2.15. The highest BCUT2D eigenvalue weighted by molar-refractivity contribution is 7.09. The van der Waals surface area contributed by atoms with E-state index in [0.717, 1.165) is 53.8 Å². The highest BCUT2D eigenvalue weighted by Crippen LogP contribution is 2.31. The first-order valence-electron chi connectivity index (χ1n) is 9.08. The number of amides is 2. The minimum absolute atomic E-state index is 0.00476. The van der Waals surface area contributed by atoms with E-state index in [-0.39, 0.29) is 12.1 Å². The molecule has 7 heteroatoms. The maximum atomic E-state index is 12.7. The minimum atomic E-state index is 0.00476. The largest absolute Gasteiger partial charge is 0.338 e. The monoisotopic (exact) mass is 369 g/mol. The standard InChI is InChI=1S/C19H23N5OS/c1-23-16-7-3-2-6-14(16)15(22-23)9-10-21-19(25)24-12-5-4-8-17(24)18-20-11-13-26-18/h2-3,6-7,11,13,17H,4-5,8-10,12H2,1H3,(H,21,25). The summed E-state index contributed by atoms with van der Waals surface area (Å²) >= 11 is 1.63. The van der Waals surface area contributed by atoms with Crippen LogP contribution in [0.2, 0.25) is 0 Å². The number of carbonyl (C=O) groups is 1. The van der Waals surface area contributed by atoms with Crippen LogP contribution < -0.4 is 5.32 Å². The van der Waals surface area contributed by atoms with Gasteiger partial charge in [0.1, 0.15) is 5.01 Å². The average Bonchev–Trinajstić information content (AvgIpc) is 3.31. The second-order valence-corrected chi connectivity index (χ2v) is 7.57. The predicted octanol–water partition coefficient (Wildman–Crippen LogP) is 3.51. The van der Waals surface area contributed by atoms with Crippen molar-refractivity contribution < 1.29 is 4.79 Å². The normalized spacial score (nSPS) is 17.6. The molecule has 4 rings (SSSR count). The van der Waals surface area contributed by atoms with E-state index < -0.39 is 0 Å². The zero-order valence-corrected chi connectivity index (χ0v) is 15.7. The molecular formula is C19H23N5OS. The Labute approximate surface area is 156 Å². The molecule has 3 heterocycles. The van der Waals surface area contributed by atoms with Gasteiger partial charge in [-0.25, -0.2) is 9.78 Å². The Balaban J connectivity index is 1.40. The fourth-order valence-corrected chi connectivity index (χ4v) is 4.48. The number of thiazole rings is 1. The SMILES string of the molecule is Cn1nc(CCNC(=O)N2CCCCC2c2nccs2)c2ccccc21. The number of likely N-dealkylation sites (tertiary alicyclic amines) is 1. The highest BCUT2D eigenvalue weighted by atomic mass is 32.1. The Morgan fingerprint density at radius 1 is 1.35 bits per heavy atom. The van der Waals surface area contributed by atoms with Crippen LogP contribution >= 0.6 is 11.3 Å². The Bertz CT molecular complexity index is 889. The second kappa shape index (κ2) is 7.45. The molecule has 1 unspecified atom stereocenters. The molecular weight excluding hydrogens is 346 g/mol. The number of carbonyl (C=O) groups excluding carboxylic acids is 1. The van der Waals surface area contributed by atoms with E-state index in [9.17, 15) is 4.79 Å². The summed E-state index contributed by atoms with van der Waals surface area (Å²) in [6.45, 7) is 1.38. The maximum Gasteiger partial charge on any atom is 0.318 e. The number of para-hydroxylation sites is 1. The number of hydrogen-bond acceptors (Lipinski definition) is 4. The number of nitrogens with zero attached hydrogens (tertiary/aromatic N) is 4. The molecule has 3 aromatic rings. The fraction of sp³-hybridized carbons (Fsp3) is 0.421. The van der Waals surface area contributed by atoms with Crippen molar-refractivity contribution in [1.82, 2.24) is 25.0 Å². The summed E-state index contributed by atoms with van der Waals surface area (Å²) in [6, 6.07) is 8.31. The van der Waals surface area contributed by atoms with E-state index in [4.69, 9.17) is 0 Å². The number of fused-ring (bicyclic) bond motifs is 1. The van der Waals surface area contributed by atoms with Crippen molar-refractivity contribution >= 4 is 28.3 Å². The van der Waals surface area contributed by atoms with E-state index in [1.807, 2.05) is 40.3 Å². The van der Waals surface area contributed by atoms with Crippen LogP contribution in [0.15, 0.2) is 35.8 Å². The topological polar surface area (TPSA) is 63.1 Å². The molecule has 1 aromatic carbocycles. The summed E-state index contributed by atoms with van der Waals surface area (Å²) in [5.74, 6) is 0. The van der Waals surface area contributed by atoms with Gasteiger partial charge in [0.2, 0.25) is 0 Å². The van der Waals surface area contributed by atoms with Gasteiger partial charge >= 0.3 is 6.03 Å². The van der Waals surface area contributed by atoms with Crippen molar-refractivity contribution in [2.75, 3.05) is 13.1 Å². The Kier molecular flexibility index (Phi) is 4.88. The average molecular weight is 369 g/mol. The van der Waals surface area contributed by atoms with Crippen LogP contribution in [0.3, 0.4) is 0 Å². The molecule has 2 amide bonds. The van der Waals surface area contributed by atoms with Crippen LogP contribution in [-0.4, -0.2) is 38.8 Å². The molecule has 2 aromatic heterocycles. The summed E-state index contributed by atoms with van der Waals surface area (Å²) in [6.07, 6.45) is 5.74. The van der Waals surface area contributed by atoms with Gasteiger partial charge in [-0.05, 0) is 25.3 Å². The number of aryl methyl sites for hydroxylation is 1. The number of urea groups is 1. The molecule has 1 aliphatic heterocycles. The highest BCUT2D eigenvalue weighted by Gasteiger charge is 2.29. The molecule has 0 aliphatic carbocycles. The van der Waals surface area contributed by atoms with Gasteiger partial charge in [-0.3, -0.25) is 4.68 Å². The van der Waals surface area contributed by atoms with Crippen molar-refractivity contribution in [2.45, 2.75) is 31.7 Å². The number of benzene rings is 1. The van der Waals surface area contributed by atoms with Gasteiger partial charge in [-0.1, -0.05) is 18.2 Å². The molecule has 26 heavy (non-hydrogen) atoms. The zero-order valence-electron chi connectivity index (χ0n) is 14.9.